The number of rotatable bonds is 9. The summed E-state index contributed by atoms with van der Waals surface area (Å²) in [7, 11) is 0. The highest BCUT2D eigenvalue weighted by Crippen LogP contribution is 2.31. The number of carbonyl (C=O) groups excluding carboxylic acids is 2. The van der Waals surface area contributed by atoms with Crippen LogP contribution in [-0.2, 0) is 28.0 Å². The summed E-state index contributed by atoms with van der Waals surface area (Å²) in [6.45, 7) is 12.3. The molecule has 0 unspecified atom stereocenters. The third kappa shape index (κ3) is 8.73. The van der Waals surface area contributed by atoms with Gasteiger partial charge in [-0.15, -0.1) is 0 Å². The maximum Gasteiger partial charge on any atom is 0.261 e. The first-order valence-corrected chi connectivity index (χ1v) is 13.7. The van der Waals surface area contributed by atoms with Gasteiger partial charge < -0.3 is 15.0 Å². The number of nitrogens with one attached hydrogen (secondary N) is 1. The van der Waals surface area contributed by atoms with Crippen LogP contribution in [0.4, 0.5) is 0 Å². The molecule has 0 fully saturated rings. The van der Waals surface area contributed by atoms with Crippen LogP contribution in [0.25, 0.3) is 0 Å². The third-order valence-corrected chi connectivity index (χ3v) is 6.61. The van der Waals surface area contributed by atoms with Crippen LogP contribution < -0.4 is 10.1 Å². The van der Waals surface area contributed by atoms with E-state index in [4.69, 9.17) is 4.74 Å². The molecule has 3 rings (SSSR count). The minimum absolute atomic E-state index is 0.140. The van der Waals surface area contributed by atoms with E-state index >= 15 is 0 Å². The van der Waals surface area contributed by atoms with Crippen molar-refractivity contribution in [2.75, 3.05) is 6.61 Å². The number of ether oxygens (including phenoxy) is 1. The molecule has 0 bridgehead atoms. The number of carbonyl (C=O) groups is 2. The van der Waals surface area contributed by atoms with Gasteiger partial charge in [-0.05, 0) is 61.1 Å². The molecule has 0 heterocycles. The third-order valence-electron chi connectivity index (χ3n) is 6.08. The van der Waals surface area contributed by atoms with E-state index in [0.29, 0.717) is 12.2 Å². The highest BCUT2D eigenvalue weighted by Gasteiger charge is 2.32. The van der Waals surface area contributed by atoms with Crippen molar-refractivity contribution in [1.82, 2.24) is 10.2 Å². The Morgan fingerprint density at radius 1 is 0.842 bits per heavy atom. The van der Waals surface area contributed by atoms with Gasteiger partial charge >= 0.3 is 0 Å². The Morgan fingerprint density at radius 3 is 2.05 bits per heavy atom. The van der Waals surface area contributed by atoms with E-state index < -0.39 is 11.6 Å². The number of amides is 2. The minimum atomic E-state index is -0.714. The highest BCUT2D eigenvalue weighted by atomic mass is 79.9. The van der Waals surface area contributed by atoms with Crippen molar-refractivity contribution in [3.05, 3.63) is 100 Å². The van der Waals surface area contributed by atoms with Crippen LogP contribution in [0.5, 0.6) is 5.75 Å². The highest BCUT2D eigenvalue weighted by molar-refractivity contribution is 9.10. The van der Waals surface area contributed by atoms with Gasteiger partial charge in [-0.25, -0.2) is 0 Å². The van der Waals surface area contributed by atoms with Crippen molar-refractivity contribution in [2.45, 2.75) is 71.5 Å². The van der Waals surface area contributed by atoms with Gasteiger partial charge in [0.25, 0.3) is 5.91 Å². The van der Waals surface area contributed by atoms with Gasteiger partial charge in [-0.3, -0.25) is 9.59 Å². The summed E-state index contributed by atoms with van der Waals surface area (Å²) in [6.07, 6.45) is 0.392. The fourth-order valence-corrected chi connectivity index (χ4v) is 4.49. The predicted octanol–water partition coefficient (Wildman–Crippen LogP) is 6.68. The summed E-state index contributed by atoms with van der Waals surface area (Å²) in [5, 5.41) is 3.09. The maximum atomic E-state index is 13.9. The number of halogens is 1. The molecule has 5 nitrogen and oxygen atoms in total. The predicted molar refractivity (Wildman–Crippen MR) is 157 cm³/mol. The lowest BCUT2D eigenvalue weighted by molar-refractivity contribution is -0.143. The molecule has 202 valence electrons. The first kappa shape index (κ1) is 29.4. The van der Waals surface area contributed by atoms with E-state index in [-0.39, 0.29) is 30.4 Å². The zero-order chi connectivity index (χ0) is 27.9. The standard InChI is InChI=1S/C32H39BrN2O3/c1-31(2,3)26-14-10-11-15-28(26)38-22-29(36)35(21-24-16-18-25(33)19-17-24)27(30(37)34-32(4,5)6)20-23-12-8-7-9-13-23/h7-19,27H,20-22H2,1-6H3,(H,34,37)/t27-/m0/s1. The van der Waals surface area contributed by atoms with Gasteiger partial charge in [0.15, 0.2) is 6.61 Å². The molecule has 0 aliphatic rings. The van der Waals surface area contributed by atoms with E-state index in [2.05, 4.69) is 42.0 Å². The quantitative estimate of drug-likeness (QED) is 0.308. The van der Waals surface area contributed by atoms with Crippen LogP contribution >= 0.6 is 15.9 Å². The number of nitrogens with zero attached hydrogens (tertiary/aromatic N) is 1. The topological polar surface area (TPSA) is 58.6 Å². The normalized spacial score (nSPS) is 12.5. The summed E-state index contributed by atoms with van der Waals surface area (Å²) < 4.78 is 7.07. The minimum Gasteiger partial charge on any atom is -0.483 e. The molecular formula is C32H39BrN2O3. The molecule has 3 aromatic carbocycles. The largest absolute Gasteiger partial charge is 0.483 e. The Hall–Kier alpha value is -3.12. The van der Waals surface area contributed by atoms with Gasteiger partial charge in [0.2, 0.25) is 5.91 Å². The first-order valence-electron chi connectivity index (χ1n) is 13.0. The smallest absolute Gasteiger partial charge is 0.261 e. The summed E-state index contributed by atoms with van der Waals surface area (Å²) in [5.41, 5.74) is 2.35. The Balaban J connectivity index is 1.95. The van der Waals surface area contributed by atoms with Crippen LogP contribution in [0.2, 0.25) is 0 Å². The van der Waals surface area contributed by atoms with Crippen LogP contribution in [0.15, 0.2) is 83.3 Å². The Morgan fingerprint density at radius 2 is 1.45 bits per heavy atom. The van der Waals surface area contributed by atoms with Gasteiger partial charge in [0, 0.05) is 23.0 Å². The van der Waals surface area contributed by atoms with Gasteiger partial charge in [-0.1, -0.05) is 97.4 Å². The van der Waals surface area contributed by atoms with Gasteiger partial charge in [-0.2, -0.15) is 0 Å². The fourth-order valence-electron chi connectivity index (χ4n) is 4.23. The second-order valence-corrected chi connectivity index (χ2v) is 12.5. The molecule has 2 amide bonds. The maximum absolute atomic E-state index is 13.9. The molecule has 0 radical (unpaired) electrons. The fraction of sp³-hybridized carbons (Fsp3) is 0.375. The van der Waals surface area contributed by atoms with E-state index in [0.717, 1.165) is 21.2 Å². The average Bonchev–Trinajstić information content (AvgIpc) is 2.85. The van der Waals surface area contributed by atoms with Crippen LogP contribution in [0, 0.1) is 0 Å². The summed E-state index contributed by atoms with van der Waals surface area (Å²) in [5.74, 6) is 0.235. The zero-order valence-electron chi connectivity index (χ0n) is 23.3. The Labute approximate surface area is 235 Å². The van der Waals surface area contributed by atoms with Crippen molar-refractivity contribution in [1.29, 1.82) is 0 Å². The lowest BCUT2D eigenvalue weighted by Crippen LogP contribution is -2.55. The van der Waals surface area contributed by atoms with E-state index in [1.165, 1.54) is 0 Å². The number of benzene rings is 3. The number of para-hydroxylation sites is 1. The molecule has 0 aliphatic carbocycles. The van der Waals surface area contributed by atoms with Crippen molar-refractivity contribution in [3.8, 4) is 5.75 Å². The van der Waals surface area contributed by atoms with E-state index in [1.807, 2.05) is 99.6 Å². The molecule has 3 aromatic rings. The molecule has 38 heavy (non-hydrogen) atoms. The number of hydrogen-bond donors (Lipinski definition) is 1. The molecule has 0 spiro atoms. The Kier molecular flexibility index (Phi) is 9.77. The van der Waals surface area contributed by atoms with Crippen LogP contribution in [0.3, 0.4) is 0 Å². The first-order chi connectivity index (χ1) is 17.8. The molecular weight excluding hydrogens is 540 g/mol. The van der Waals surface area contributed by atoms with Crippen LogP contribution in [0.1, 0.15) is 58.2 Å². The van der Waals surface area contributed by atoms with Gasteiger partial charge in [0.05, 0.1) is 0 Å². The SMILES string of the molecule is CC(C)(C)NC(=O)[C@H](Cc1ccccc1)N(Cc1ccc(Br)cc1)C(=O)COc1ccccc1C(C)(C)C. The lowest BCUT2D eigenvalue weighted by atomic mass is 9.86. The molecule has 6 heteroatoms. The molecule has 0 saturated heterocycles. The molecule has 1 atom stereocenters. The Bertz CT molecular complexity index is 1210. The number of hydrogen-bond acceptors (Lipinski definition) is 3. The molecule has 0 aromatic heterocycles. The monoisotopic (exact) mass is 578 g/mol. The summed E-state index contributed by atoms with van der Waals surface area (Å²) in [4.78, 5) is 29.2. The summed E-state index contributed by atoms with van der Waals surface area (Å²) >= 11 is 3.48. The van der Waals surface area contributed by atoms with Gasteiger partial charge in [0.1, 0.15) is 11.8 Å². The molecule has 1 N–H and O–H groups in total. The van der Waals surface area contributed by atoms with Crippen molar-refractivity contribution >= 4 is 27.7 Å². The zero-order valence-corrected chi connectivity index (χ0v) is 24.8. The van der Waals surface area contributed by atoms with E-state index in [9.17, 15) is 9.59 Å². The molecule has 0 aliphatic heterocycles. The van der Waals surface area contributed by atoms with Crippen molar-refractivity contribution in [2.24, 2.45) is 0 Å². The van der Waals surface area contributed by atoms with Crippen molar-refractivity contribution < 1.29 is 14.3 Å². The van der Waals surface area contributed by atoms with Crippen molar-refractivity contribution in [3.63, 3.8) is 0 Å². The van der Waals surface area contributed by atoms with E-state index in [1.54, 1.807) is 4.90 Å². The van der Waals surface area contributed by atoms with Crippen LogP contribution in [-0.4, -0.2) is 34.9 Å². The molecule has 0 saturated carbocycles. The second-order valence-electron chi connectivity index (χ2n) is 11.6. The second kappa shape index (κ2) is 12.6. The average molecular weight is 580 g/mol. The summed E-state index contributed by atoms with van der Waals surface area (Å²) in [6, 6.07) is 24.7. The lowest BCUT2D eigenvalue weighted by Gasteiger charge is -2.34.